The van der Waals surface area contributed by atoms with Crippen molar-refractivity contribution in [3.8, 4) is 5.75 Å². The van der Waals surface area contributed by atoms with Crippen molar-refractivity contribution in [2.24, 2.45) is 0 Å². The Morgan fingerprint density at radius 3 is 2.38 bits per heavy atom. The fourth-order valence-corrected chi connectivity index (χ4v) is 1.27. The molecule has 0 heterocycles. The molecular formula is C8H6Cl2O2S. The highest BCUT2D eigenvalue weighted by Crippen LogP contribution is 2.32. The van der Waals surface area contributed by atoms with Crippen LogP contribution < -0.4 is 4.74 Å². The Morgan fingerprint density at radius 1 is 1.38 bits per heavy atom. The topological polar surface area (TPSA) is 26.3 Å². The molecule has 0 atom stereocenters. The Kier molecular flexibility index (Phi) is 3.90. The summed E-state index contributed by atoms with van der Waals surface area (Å²) < 4.78 is 4.85. The summed E-state index contributed by atoms with van der Waals surface area (Å²) in [5, 5.41) is 0.616. The van der Waals surface area contributed by atoms with Gasteiger partial charge in [0.2, 0.25) is 0 Å². The molecule has 13 heavy (non-hydrogen) atoms. The fraction of sp³-hybridized carbons (Fsp3) is 0.125. The molecule has 1 aromatic carbocycles. The smallest absolute Gasteiger partial charge is 0.321 e. The minimum atomic E-state index is -0.488. The molecule has 0 saturated heterocycles. The van der Waals surface area contributed by atoms with Crippen LogP contribution in [0, 0.1) is 0 Å². The quantitative estimate of drug-likeness (QED) is 0.486. The molecule has 0 N–H and O–H groups in total. The van der Waals surface area contributed by atoms with Gasteiger partial charge in [0, 0.05) is 0 Å². The largest absolute Gasteiger partial charge is 0.423 e. The van der Waals surface area contributed by atoms with E-state index in [0.29, 0.717) is 10.0 Å². The monoisotopic (exact) mass is 236 g/mol. The zero-order valence-corrected chi connectivity index (χ0v) is 8.87. The third-order valence-corrected chi connectivity index (χ3v) is 2.12. The van der Waals surface area contributed by atoms with E-state index < -0.39 is 5.97 Å². The van der Waals surface area contributed by atoms with E-state index in [0.717, 1.165) is 0 Å². The van der Waals surface area contributed by atoms with Crippen molar-refractivity contribution in [3.63, 3.8) is 0 Å². The second-order valence-corrected chi connectivity index (χ2v) is 3.31. The average molecular weight is 237 g/mol. The number of rotatable bonds is 2. The maximum atomic E-state index is 10.9. The number of carbonyl (C=O) groups is 1. The number of carbonyl (C=O) groups excluding carboxylic acids is 1. The summed E-state index contributed by atoms with van der Waals surface area (Å²) in [7, 11) is 0. The standard InChI is InChI=1S/C8H6Cl2O2S/c9-5-2-1-3-6(10)8(5)12-7(11)4-13/h1-3,13H,4H2. The van der Waals surface area contributed by atoms with Crippen molar-refractivity contribution >= 4 is 41.8 Å². The predicted octanol–water partition coefficient (Wildman–Crippen LogP) is 2.83. The van der Waals surface area contributed by atoms with Crippen LogP contribution in [0.3, 0.4) is 0 Å². The summed E-state index contributed by atoms with van der Waals surface area (Å²) in [6.07, 6.45) is 0. The second-order valence-electron chi connectivity index (χ2n) is 2.18. The van der Waals surface area contributed by atoms with Crippen molar-refractivity contribution in [1.82, 2.24) is 0 Å². The van der Waals surface area contributed by atoms with E-state index >= 15 is 0 Å². The first kappa shape index (κ1) is 10.7. The average Bonchev–Trinajstić information content (AvgIpc) is 2.11. The van der Waals surface area contributed by atoms with Crippen molar-refractivity contribution in [2.75, 3.05) is 5.75 Å². The molecule has 0 saturated carbocycles. The molecule has 0 aromatic heterocycles. The van der Waals surface area contributed by atoms with Crippen molar-refractivity contribution < 1.29 is 9.53 Å². The first-order chi connectivity index (χ1) is 6.15. The molecule has 0 unspecified atom stereocenters. The van der Waals surface area contributed by atoms with E-state index in [-0.39, 0.29) is 11.5 Å². The van der Waals surface area contributed by atoms with Gasteiger partial charge in [0.05, 0.1) is 15.8 Å². The number of benzene rings is 1. The highest BCUT2D eigenvalue weighted by atomic mass is 35.5. The second kappa shape index (κ2) is 4.74. The lowest BCUT2D eigenvalue weighted by molar-refractivity contribution is -0.131. The number of para-hydroxylation sites is 1. The Bertz CT molecular complexity index is 308. The first-order valence-corrected chi connectivity index (χ1v) is 4.79. The molecule has 0 amide bonds. The van der Waals surface area contributed by atoms with E-state index in [4.69, 9.17) is 27.9 Å². The van der Waals surface area contributed by atoms with Crippen molar-refractivity contribution in [3.05, 3.63) is 28.2 Å². The van der Waals surface area contributed by atoms with E-state index in [1.807, 2.05) is 0 Å². The molecule has 0 bridgehead atoms. The molecule has 70 valence electrons. The molecule has 1 aromatic rings. The van der Waals surface area contributed by atoms with Crippen LogP contribution in [0.2, 0.25) is 10.0 Å². The maximum Gasteiger partial charge on any atom is 0.321 e. The SMILES string of the molecule is O=C(CS)Oc1c(Cl)cccc1Cl. The Labute approximate surface area is 91.2 Å². The van der Waals surface area contributed by atoms with Gasteiger partial charge in [-0.2, -0.15) is 12.6 Å². The van der Waals surface area contributed by atoms with Gasteiger partial charge < -0.3 is 4.74 Å². The van der Waals surface area contributed by atoms with Crippen LogP contribution in [-0.2, 0) is 4.79 Å². The molecule has 0 fully saturated rings. The van der Waals surface area contributed by atoms with Crippen LogP contribution >= 0.6 is 35.8 Å². The first-order valence-electron chi connectivity index (χ1n) is 3.40. The number of hydrogen-bond donors (Lipinski definition) is 1. The van der Waals surface area contributed by atoms with Gasteiger partial charge in [-0.15, -0.1) is 0 Å². The summed E-state index contributed by atoms with van der Waals surface area (Å²) >= 11 is 15.2. The summed E-state index contributed by atoms with van der Waals surface area (Å²) in [5.41, 5.74) is 0. The minimum absolute atomic E-state index is 0.0123. The summed E-state index contributed by atoms with van der Waals surface area (Å²) in [6, 6.07) is 4.85. The number of thiol groups is 1. The van der Waals surface area contributed by atoms with Gasteiger partial charge in [-0.1, -0.05) is 29.3 Å². The van der Waals surface area contributed by atoms with Gasteiger partial charge in [-0.3, -0.25) is 4.79 Å². The van der Waals surface area contributed by atoms with Crippen LogP contribution in [0.25, 0.3) is 0 Å². The molecule has 0 radical (unpaired) electrons. The van der Waals surface area contributed by atoms with Gasteiger partial charge in [0.1, 0.15) is 0 Å². The van der Waals surface area contributed by atoms with E-state index in [1.165, 1.54) is 0 Å². The van der Waals surface area contributed by atoms with Gasteiger partial charge >= 0.3 is 5.97 Å². The van der Waals surface area contributed by atoms with E-state index in [2.05, 4.69) is 12.6 Å². The number of hydrogen-bond acceptors (Lipinski definition) is 3. The molecule has 0 aliphatic carbocycles. The highest BCUT2D eigenvalue weighted by molar-refractivity contribution is 7.81. The summed E-state index contributed by atoms with van der Waals surface area (Å²) in [4.78, 5) is 10.9. The zero-order chi connectivity index (χ0) is 9.84. The molecule has 0 aliphatic heterocycles. The lowest BCUT2D eigenvalue weighted by Crippen LogP contribution is -2.09. The maximum absolute atomic E-state index is 10.9. The number of halogens is 2. The third kappa shape index (κ3) is 2.79. The summed E-state index contributed by atoms with van der Waals surface area (Å²) in [5.74, 6) is -0.315. The van der Waals surface area contributed by atoms with Crippen molar-refractivity contribution in [1.29, 1.82) is 0 Å². The zero-order valence-electron chi connectivity index (χ0n) is 6.46. The molecule has 1 rings (SSSR count). The molecule has 0 aliphatic rings. The lowest BCUT2D eigenvalue weighted by Gasteiger charge is -2.05. The van der Waals surface area contributed by atoms with E-state index in [9.17, 15) is 4.79 Å². The predicted molar refractivity (Wildman–Crippen MR) is 56.0 cm³/mol. The van der Waals surface area contributed by atoms with Crippen LogP contribution in [-0.4, -0.2) is 11.7 Å². The van der Waals surface area contributed by atoms with Crippen LogP contribution in [0.5, 0.6) is 5.75 Å². The van der Waals surface area contributed by atoms with Gasteiger partial charge in [-0.05, 0) is 12.1 Å². The normalized spacial score (nSPS) is 9.77. The Hall–Kier alpha value is -0.380. The van der Waals surface area contributed by atoms with Gasteiger partial charge in [-0.25, -0.2) is 0 Å². The number of ether oxygens (including phenoxy) is 1. The molecule has 0 spiro atoms. The van der Waals surface area contributed by atoms with Gasteiger partial charge in [0.15, 0.2) is 5.75 Å². The molecular weight excluding hydrogens is 231 g/mol. The molecule has 5 heteroatoms. The van der Waals surface area contributed by atoms with E-state index in [1.54, 1.807) is 18.2 Å². The third-order valence-electron chi connectivity index (χ3n) is 1.26. The fourth-order valence-electron chi connectivity index (χ4n) is 0.726. The number of esters is 1. The van der Waals surface area contributed by atoms with Crippen molar-refractivity contribution in [2.45, 2.75) is 0 Å². The highest BCUT2D eigenvalue weighted by Gasteiger charge is 2.10. The minimum Gasteiger partial charge on any atom is -0.423 e. The van der Waals surface area contributed by atoms with Crippen LogP contribution in [0.4, 0.5) is 0 Å². The molecule has 2 nitrogen and oxygen atoms in total. The van der Waals surface area contributed by atoms with Gasteiger partial charge in [0.25, 0.3) is 0 Å². The van der Waals surface area contributed by atoms with Crippen LogP contribution in [0.15, 0.2) is 18.2 Å². The Morgan fingerprint density at radius 2 is 1.92 bits per heavy atom. The Balaban J connectivity index is 2.93. The lowest BCUT2D eigenvalue weighted by atomic mass is 10.3. The summed E-state index contributed by atoms with van der Waals surface area (Å²) in [6.45, 7) is 0. The van der Waals surface area contributed by atoms with Crippen LogP contribution in [0.1, 0.15) is 0 Å².